The van der Waals surface area contributed by atoms with Crippen molar-refractivity contribution < 1.29 is 13.2 Å². The molecule has 0 fully saturated rings. The van der Waals surface area contributed by atoms with Gasteiger partial charge >= 0.3 is 0 Å². The summed E-state index contributed by atoms with van der Waals surface area (Å²) in [5.41, 5.74) is 2.20. The van der Waals surface area contributed by atoms with Gasteiger partial charge in [0.25, 0.3) is 0 Å². The van der Waals surface area contributed by atoms with E-state index in [-0.39, 0.29) is 11.4 Å². The Labute approximate surface area is 120 Å². The number of sulfonamides is 1. The van der Waals surface area contributed by atoms with Crippen molar-refractivity contribution in [1.82, 2.24) is 5.32 Å². The van der Waals surface area contributed by atoms with E-state index in [0.29, 0.717) is 19.5 Å². The molecule has 0 aliphatic carbocycles. The van der Waals surface area contributed by atoms with Gasteiger partial charge < -0.3 is 10.1 Å². The first-order chi connectivity index (χ1) is 9.27. The molecule has 0 spiro atoms. The van der Waals surface area contributed by atoms with E-state index >= 15 is 0 Å². The summed E-state index contributed by atoms with van der Waals surface area (Å²) in [6.45, 7) is 5.44. The van der Waals surface area contributed by atoms with Crippen molar-refractivity contribution in [2.45, 2.75) is 38.8 Å². The van der Waals surface area contributed by atoms with Crippen LogP contribution >= 0.6 is 0 Å². The molecule has 0 aromatic heterocycles. The number of hydrogen-bond donors (Lipinski definition) is 2. The normalized spacial score (nSPS) is 16.8. The number of para-hydroxylation sites is 1. The quantitative estimate of drug-likeness (QED) is 0.772. The molecule has 0 saturated heterocycles. The molecule has 0 bridgehead atoms. The fourth-order valence-corrected chi connectivity index (χ4v) is 2.99. The molecule has 1 aromatic carbocycles. The molecule has 0 saturated carbocycles. The highest BCUT2D eigenvalue weighted by Crippen LogP contribution is 2.37. The second-order valence-corrected chi connectivity index (χ2v) is 7.58. The Kier molecular flexibility index (Phi) is 4.36. The van der Waals surface area contributed by atoms with E-state index in [1.807, 2.05) is 12.1 Å². The smallest absolute Gasteiger partial charge is 0.209 e. The van der Waals surface area contributed by atoms with Gasteiger partial charge in [-0.1, -0.05) is 18.2 Å². The van der Waals surface area contributed by atoms with Crippen LogP contribution in [0.5, 0.6) is 5.75 Å². The third kappa shape index (κ3) is 4.19. The van der Waals surface area contributed by atoms with Gasteiger partial charge in [0.15, 0.2) is 0 Å². The van der Waals surface area contributed by atoms with Gasteiger partial charge in [-0.05, 0) is 32.4 Å². The number of rotatable bonds is 6. The highest BCUT2D eigenvalue weighted by Gasteiger charge is 2.31. The van der Waals surface area contributed by atoms with E-state index in [1.54, 1.807) is 0 Å². The molecule has 0 radical (unpaired) electrons. The van der Waals surface area contributed by atoms with Crippen LogP contribution in [0, 0.1) is 0 Å². The Hall–Kier alpha value is -1.11. The zero-order chi connectivity index (χ0) is 14.8. The Bertz CT molecular complexity index is 582. The first-order valence-corrected chi connectivity index (χ1v) is 8.49. The lowest BCUT2D eigenvalue weighted by Crippen LogP contribution is -2.25. The SMILES string of the molecule is CC1(C)Cc2cccc(CNCCCS(N)(=O)=O)c2O1. The number of hydrogen-bond acceptors (Lipinski definition) is 4. The molecule has 112 valence electrons. The summed E-state index contributed by atoms with van der Waals surface area (Å²) in [5, 5.41) is 8.19. The number of nitrogens with two attached hydrogens (primary N) is 1. The van der Waals surface area contributed by atoms with Crippen LogP contribution in [0.15, 0.2) is 18.2 Å². The van der Waals surface area contributed by atoms with Crippen molar-refractivity contribution in [2.24, 2.45) is 5.14 Å². The summed E-state index contributed by atoms with van der Waals surface area (Å²) in [4.78, 5) is 0. The predicted octanol–water partition coefficient (Wildman–Crippen LogP) is 1.17. The topological polar surface area (TPSA) is 81.4 Å². The van der Waals surface area contributed by atoms with Gasteiger partial charge in [0.1, 0.15) is 11.4 Å². The van der Waals surface area contributed by atoms with Crippen molar-refractivity contribution in [3.8, 4) is 5.75 Å². The molecule has 6 heteroatoms. The second kappa shape index (κ2) is 5.71. The van der Waals surface area contributed by atoms with Gasteiger partial charge in [-0.3, -0.25) is 0 Å². The maximum atomic E-state index is 10.8. The Morgan fingerprint density at radius 1 is 1.40 bits per heavy atom. The molecule has 1 aromatic rings. The number of benzene rings is 1. The number of nitrogens with one attached hydrogen (secondary N) is 1. The Morgan fingerprint density at radius 3 is 2.85 bits per heavy atom. The second-order valence-electron chi connectivity index (χ2n) is 5.84. The highest BCUT2D eigenvalue weighted by molar-refractivity contribution is 7.89. The molecule has 1 aliphatic heterocycles. The third-order valence-corrected chi connectivity index (χ3v) is 4.13. The van der Waals surface area contributed by atoms with Crippen LogP contribution in [0.1, 0.15) is 31.4 Å². The van der Waals surface area contributed by atoms with E-state index in [0.717, 1.165) is 17.7 Å². The van der Waals surface area contributed by atoms with Gasteiger partial charge in [0, 0.05) is 18.5 Å². The van der Waals surface area contributed by atoms with Crippen molar-refractivity contribution in [3.05, 3.63) is 29.3 Å². The van der Waals surface area contributed by atoms with Crippen molar-refractivity contribution in [2.75, 3.05) is 12.3 Å². The lowest BCUT2D eigenvalue weighted by molar-refractivity contribution is 0.137. The minimum absolute atomic E-state index is 0.0103. The monoisotopic (exact) mass is 298 g/mol. The summed E-state index contributed by atoms with van der Waals surface area (Å²) < 4.78 is 27.6. The third-order valence-electron chi connectivity index (χ3n) is 3.27. The Balaban J connectivity index is 1.88. The average Bonchev–Trinajstić information content (AvgIpc) is 2.62. The zero-order valence-electron chi connectivity index (χ0n) is 12.0. The minimum Gasteiger partial charge on any atom is -0.487 e. The molecule has 0 amide bonds. The minimum atomic E-state index is -3.36. The first-order valence-electron chi connectivity index (χ1n) is 6.78. The molecule has 0 atom stereocenters. The van der Waals surface area contributed by atoms with Crippen molar-refractivity contribution in [1.29, 1.82) is 0 Å². The van der Waals surface area contributed by atoms with Gasteiger partial charge in [-0.2, -0.15) is 0 Å². The van der Waals surface area contributed by atoms with Crippen LogP contribution in [0.4, 0.5) is 0 Å². The lowest BCUT2D eigenvalue weighted by atomic mass is 10.0. The van der Waals surface area contributed by atoms with E-state index < -0.39 is 10.0 Å². The number of ether oxygens (including phenoxy) is 1. The molecule has 2 rings (SSSR count). The van der Waals surface area contributed by atoms with E-state index in [1.165, 1.54) is 5.56 Å². The van der Waals surface area contributed by atoms with Crippen molar-refractivity contribution >= 4 is 10.0 Å². The molecule has 1 aliphatic rings. The van der Waals surface area contributed by atoms with Gasteiger partial charge in [-0.25, -0.2) is 13.6 Å². The molecule has 20 heavy (non-hydrogen) atoms. The molecule has 0 unspecified atom stereocenters. The highest BCUT2D eigenvalue weighted by atomic mass is 32.2. The molecule has 3 N–H and O–H groups in total. The van der Waals surface area contributed by atoms with Gasteiger partial charge in [0.2, 0.25) is 10.0 Å². The molecular formula is C14H22N2O3S. The van der Waals surface area contributed by atoms with Gasteiger partial charge in [0.05, 0.1) is 5.75 Å². The average molecular weight is 298 g/mol. The maximum Gasteiger partial charge on any atom is 0.209 e. The summed E-state index contributed by atoms with van der Waals surface area (Å²) in [6, 6.07) is 6.16. The van der Waals surface area contributed by atoms with E-state index in [4.69, 9.17) is 9.88 Å². The van der Waals surface area contributed by atoms with Crippen LogP contribution in [-0.4, -0.2) is 26.3 Å². The lowest BCUT2D eigenvalue weighted by Gasteiger charge is -2.18. The fourth-order valence-electron chi connectivity index (χ4n) is 2.44. The van der Waals surface area contributed by atoms with E-state index in [2.05, 4.69) is 25.2 Å². The standard InChI is InChI=1S/C14H22N2O3S/c1-14(2)9-11-5-3-6-12(13(11)19-14)10-16-7-4-8-20(15,17)18/h3,5-6,16H,4,7-10H2,1-2H3,(H2,15,17,18). The van der Waals surface area contributed by atoms with Crippen LogP contribution in [-0.2, 0) is 23.0 Å². The van der Waals surface area contributed by atoms with E-state index in [9.17, 15) is 8.42 Å². The first kappa shape index (κ1) is 15.3. The maximum absolute atomic E-state index is 10.8. The van der Waals surface area contributed by atoms with Crippen LogP contribution < -0.4 is 15.2 Å². The van der Waals surface area contributed by atoms with Crippen LogP contribution in [0.3, 0.4) is 0 Å². The molecular weight excluding hydrogens is 276 g/mol. The zero-order valence-corrected chi connectivity index (χ0v) is 12.8. The van der Waals surface area contributed by atoms with Crippen molar-refractivity contribution in [3.63, 3.8) is 0 Å². The number of fused-ring (bicyclic) bond motifs is 1. The predicted molar refractivity (Wildman–Crippen MR) is 79.2 cm³/mol. The molecule has 5 nitrogen and oxygen atoms in total. The fraction of sp³-hybridized carbons (Fsp3) is 0.571. The summed E-state index contributed by atoms with van der Waals surface area (Å²) in [7, 11) is -3.36. The van der Waals surface area contributed by atoms with Crippen LogP contribution in [0.25, 0.3) is 0 Å². The molecule has 1 heterocycles. The largest absolute Gasteiger partial charge is 0.487 e. The summed E-state index contributed by atoms with van der Waals surface area (Å²) in [6.07, 6.45) is 1.43. The van der Waals surface area contributed by atoms with Gasteiger partial charge in [-0.15, -0.1) is 0 Å². The van der Waals surface area contributed by atoms with Crippen LogP contribution in [0.2, 0.25) is 0 Å². The Morgan fingerprint density at radius 2 is 2.15 bits per heavy atom. The summed E-state index contributed by atoms with van der Waals surface area (Å²) >= 11 is 0. The number of primary sulfonamides is 1. The summed E-state index contributed by atoms with van der Waals surface area (Å²) in [5.74, 6) is 0.979.